The molecule has 0 aromatic rings. The molecule has 30 heavy (non-hydrogen) atoms. The van der Waals surface area contributed by atoms with Crippen molar-refractivity contribution in [3.8, 4) is 0 Å². The zero-order valence-electron chi connectivity index (χ0n) is 17.6. The molecular weight excluding hydrogens is 389 g/mol. The standard InChI is InChI=1S/C20H36FN7O2/c21-13-7-24-19-17(18(22)26-28(19)9-13)20(29)25-16-8-23-4-1-15(16)12-2-5-27(6-3-12)14-10-30-11-14/h12-19,23-24,26H,1-11,22H2,(H,25,29). The number of hydrazine groups is 1. The van der Waals surface area contributed by atoms with E-state index in [1.54, 1.807) is 5.01 Å². The number of carbonyl (C=O) groups excluding carboxylic acids is 1. The van der Waals surface area contributed by atoms with E-state index in [4.69, 9.17) is 10.5 Å². The predicted molar refractivity (Wildman–Crippen MR) is 110 cm³/mol. The van der Waals surface area contributed by atoms with Crippen molar-refractivity contribution in [1.82, 2.24) is 31.3 Å². The van der Waals surface area contributed by atoms with Crippen molar-refractivity contribution < 1.29 is 13.9 Å². The second kappa shape index (κ2) is 8.93. The Bertz CT molecular complexity index is 616. The van der Waals surface area contributed by atoms with Crippen LogP contribution in [-0.2, 0) is 9.53 Å². The molecule has 10 heteroatoms. The molecule has 5 heterocycles. The zero-order chi connectivity index (χ0) is 20.7. The van der Waals surface area contributed by atoms with Crippen LogP contribution in [-0.4, -0.2) is 98.9 Å². The second-order valence-corrected chi connectivity index (χ2v) is 9.62. The van der Waals surface area contributed by atoms with Crippen LogP contribution in [0.5, 0.6) is 0 Å². The van der Waals surface area contributed by atoms with Gasteiger partial charge in [0.25, 0.3) is 0 Å². The first kappa shape index (κ1) is 21.0. The topological polar surface area (TPSA) is 107 Å². The lowest BCUT2D eigenvalue weighted by molar-refractivity contribution is -0.128. The molecular formula is C20H36FN7O2. The number of hydrogen-bond donors (Lipinski definition) is 5. The summed E-state index contributed by atoms with van der Waals surface area (Å²) >= 11 is 0. The van der Waals surface area contributed by atoms with Gasteiger partial charge in [-0.1, -0.05) is 0 Å². The van der Waals surface area contributed by atoms with E-state index in [0.717, 1.165) is 45.8 Å². The minimum absolute atomic E-state index is 0.0324. The van der Waals surface area contributed by atoms with E-state index in [1.807, 2.05) is 0 Å². The van der Waals surface area contributed by atoms with E-state index in [1.165, 1.54) is 12.8 Å². The first-order valence-corrected chi connectivity index (χ1v) is 11.6. The van der Waals surface area contributed by atoms with Gasteiger partial charge < -0.3 is 21.1 Å². The Hall–Kier alpha value is -0.880. The van der Waals surface area contributed by atoms with Crippen LogP contribution in [0, 0.1) is 17.8 Å². The third kappa shape index (κ3) is 4.11. The van der Waals surface area contributed by atoms with Crippen LogP contribution in [0.25, 0.3) is 0 Å². The minimum Gasteiger partial charge on any atom is -0.378 e. The van der Waals surface area contributed by atoms with Crippen LogP contribution in [0.15, 0.2) is 0 Å². The lowest BCUT2D eigenvalue weighted by atomic mass is 9.76. The molecule has 0 radical (unpaired) electrons. The average molecular weight is 426 g/mol. The number of amides is 1. The van der Waals surface area contributed by atoms with Gasteiger partial charge in [-0.3, -0.25) is 15.0 Å². The highest BCUT2D eigenvalue weighted by Crippen LogP contribution is 2.33. The smallest absolute Gasteiger partial charge is 0.229 e. The first-order chi connectivity index (χ1) is 14.6. The van der Waals surface area contributed by atoms with Crippen LogP contribution in [0.2, 0.25) is 0 Å². The fraction of sp³-hybridized carbons (Fsp3) is 0.950. The Morgan fingerprint density at radius 1 is 1.17 bits per heavy atom. The van der Waals surface area contributed by atoms with E-state index in [0.29, 0.717) is 17.9 Å². The summed E-state index contributed by atoms with van der Waals surface area (Å²) in [5.41, 5.74) is 9.29. The fourth-order valence-electron chi connectivity index (χ4n) is 6.01. The molecule has 0 spiro atoms. The number of carbonyl (C=O) groups is 1. The van der Waals surface area contributed by atoms with Crippen molar-refractivity contribution >= 4 is 5.91 Å². The highest BCUT2D eigenvalue weighted by molar-refractivity contribution is 5.80. The third-order valence-electron chi connectivity index (χ3n) is 7.80. The van der Waals surface area contributed by atoms with Crippen molar-refractivity contribution in [1.29, 1.82) is 0 Å². The van der Waals surface area contributed by atoms with Gasteiger partial charge in [0.1, 0.15) is 6.17 Å². The van der Waals surface area contributed by atoms with Gasteiger partial charge in [0.15, 0.2) is 0 Å². The average Bonchev–Trinajstić information content (AvgIpc) is 3.02. The monoisotopic (exact) mass is 425 g/mol. The maximum atomic E-state index is 13.7. The lowest BCUT2D eigenvalue weighted by Crippen LogP contribution is -2.61. The van der Waals surface area contributed by atoms with E-state index >= 15 is 0 Å². The molecule has 0 aromatic carbocycles. The molecule has 6 unspecified atom stereocenters. The number of ether oxygens (including phenoxy) is 1. The Morgan fingerprint density at radius 3 is 2.70 bits per heavy atom. The summed E-state index contributed by atoms with van der Waals surface area (Å²) in [6.45, 7) is 6.34. The molecule has 0 bridgehead atoms. The summed E-state index contributed by atoms with van der Waals surface area (Å²) in [6, 6.07) is 0.731. The summed E-state index contributed by atoms with van der Waals surface area (Å²) in [5.74, 6) is 0.670. The highest BCUT2D eigenvalue weighted by atomic mass is 19.1. The number of nitrogens with zero attached hydrogens (tertiary/aromatic N) is 2. The van der Waals surface area contributed by atoms with Gasteiger partial charge in [0.2, 0.25) is 5.91 Å². The van der Waals surface area contributed by atoms with Gasteiger partial charge in [-0.25, -0.2) is 14.8 Å². The number of fused-ring (bicyclic) bond motifs is 1. The van der Waals surface area contributed by atoms with E-state index in [9.17, 15) is 9.18 Å². The molecule has 0 aliphatic carbocycles. The molecule has 5 saturated heterocycles. The third-order valence-corrected chi connectivity index (χ3v) is 7.80. The van der Waals surface area contributed by atoms with Crippen molar-refractivity contribution in [3.63, 3.8) is 0 Å². The molecule has 9 nitrogen and oxygen atoms in total. The quantitative estimate of drug-likeness (QED) is 0.359. The Labute approximate surface area is 177 Å². The summed E-state index contributed by atoms with van der Waals surface area (Å²) < 4.78 is 19.1. The molecule has 1 amide bonds. The molecule has 5 aliphatic rings. The maximum absolute atomic E-state index is 13.7. The number of alkyl halides is 1. The predicted octanol–water partition coefficient (Wildman–Crippen LogP) is -1.82. The molecule has 0 aromatic heterocycles. The normalized spacial score (nSPS) is 41.9. The van der Waals surface area contributed by atoms with Gasteiger partial charge in [0, 0.05) is 25.7 Å². The Morgan fingerprint density at radius 2 is 1.97 bits per heavy atom. The molecule has 5 aliphatic heterocycles. The number of rotatable bonds is 4. The summed E-state index contributed by atoms with van der Waals surface area (Å²) in [4.78, 5) is 15.8. The van der Waals surface area contributed by atoms with Gasteiger partial charge in [-0.15, -0.1) is 0 Å². The van der Waals surface area contributed by atoms with Crippen LogP contribution < -0.4 is 27.1 Å². The number of hydrogen-bond acceptors (Lipinski definition) is 8. The number of likely N-dealkylation sites (tertiary alicyclic amines) is 1. The maximum Gasteiger partial charge on any atom is 0.229 e. The molecule has 0 saturated carbocycles. The number of piperidine rings is 2. The largest absolute Gasteiger partial charge is 0.378 e. The number of nitrogens with one attached hydrogen (secondary N) is 4. The fourth-order valence-corrected chi connectivity index (χ4v) is 6.01. The van der Waals surface area contributed by atoms with Crippen molar-refractivity contribution in [2.24, 2.45) is 23.5 Å². The van der Waals surface area contributed by atoms with Gasteiger partial charge in [0.05, 0.1) is 37.5 Å². The van der Waals surface area contributed by atoms with Crippen LogP contribution >= 0.6 is 0 Å². The molecule has 5 rings (SSSR count). The molecule has 6 atom stereocenters. The van der Waals surface area contributed by atoms with Crippen LogP contribution in [0.1, 0.15) is 19.3 Å². The van der Waals surface area contributed by atoms with Gasteiger partial charge in [-0.2, -0.15) is 0 Å². The Balaban J connectivity index is 1.19. The molecule has 5 fully saturated rings. The summed E-state index contributed by atoms with van der Waals surface area (Å²) in [7, 11) is 0. The van der Waals surface area contributed by atoms with E-state index in [-0.39, 0.29) is 31.2 Å². The number of nitrogens with two attached hydrogens (primary N) is 1. The van der Waals surface area contributed by atoms with E-state index < -0.39 is 18.3 Å². The summed E-state index contributed by atoms with van der Waals surface area (Å²) in [5, 5.41) is 11.7. The number of halogens is 1. The SMILES string of the molecule is NC1NN2CC(F)CNC2C1C(=O)NC1CNCCC1C1CCN(C2COC2)CC1. The van der Waals surface area contributed by atoms with Crippen molar-refractivity contribution in [2.75, 3.05) is 52.5 Å². The zero-order valence-corrected chi connectivity index (χ0v) is 17.6. The first-order valence-electron chi connectivity index (χ1n) is 11.6. The Kier molecular flexibility index (Phi) is 6.25. The minimum atomic E-state index is -0.952. The van der Waals surface area contributed by atoms with Crippen LogP contribution in [0.4, 0.5) is 4.39 Å². The van der Waals surface area contributed by atoms with Crippen LogP contribution in [0.3, 0.4) is 0 Å². The summed E-state index contributed by atoms with van der Waals surface area (Å²) in [6.07, 6.45) is 1.76. The second-order valence-electron chi connectivity index (χ2n) is 9.62. The van der Waals surface area contributed by atoms with Crippen molar-refractivity contribution in [3.05, 3.63) is 0 Å². The molecule has 6 N–H and O–H groups in total. The van der Waals surface area contributed by atoms with Gasteiger partial charge >= 0.3 is 0 Å². The van der Waals surface area contributed by atoms with Gasteiger partial charge in [-0.05, 0) is 50.7 Å². The lowest BCUT2D eigenvalue weighted by Gasteiger charge is -2.45. The molecule has 170 valence electrons. The van der Waals surface area contributed by atoms with E-state index in [2.05, 4.69) is 26.3 Å². The van der Waals surface area contributed by atoms with Crippen molar-refractivity contribution in [2.45, 2.75) is 49.8 Å². The highest BCUT2D eigenvalue weighted by Gasteiger charge is 2.48.